The van der Waals surface area contributed by atoms with Crippen molar-refractivity contribution in [1.82, 2.24) is 4.90 Å². The molecule has 1 aromatic carbocycles. The molecule has 20 heavy (non-hydrogen) atoms. The fraction of sp³-hybridized carbons (Fsp3) is 0.562. The van der Waals surface area contributed by atoms with E-state index in [1.54, 1.807) is 0 Å². The first-order chi connectivity index (χ1) is 9.37. The summed E-state index contributed by atoms with van der Waals surface area (Å²) in [6.07, 6.45) is 0.929. The molecule has 3 nitrogen and oxygen atoms in total. The lowest BCUT2D eigenvalue weighted by Crippen LogP contribution is -2.53. The average Bonchev–Trinajstić information content (AvgIpc) is 2.34. The predicted octanol–water partition coefficient (Wildman–Crippen LogP) is 2.90. The van der Waals surface area contributed by atoms with E-state index >= 15 is 0 Å². The summed E-state index contributed by atoms with van der Waals surface area (Å²) in [6, 6.07) is 10.7. The maximum atomic E-state index is 5.99. The maximum Gasteiger partial charge on any atom is 0.0757 e. The minimum Gasteiger partial charge on any atom is -0.393 e. The molecule has 110 valence electrons. The summed E-state index contributed by atoms with van der Waals surface area (Å²) in [4.78, 5) is 3.01. The van der Waals surface area contributed by atoms with E-state index in [0.29, 0.717) is 11.4 Å². The third-order valence-corrected chi connectivity index (χ3v) is 3.78. The van der Waals surface area contributed by atoms with Crippen molar-refractivity contribution in [2.45, 2.75) is 44.9 Å². The van der Waals surface area contributed by atoms with Crippen LogP contribution in [0.25, 0.3) is 0 Å². The lowest BCUT2D eigenvalue weighted by atomic mass is 9.97. The molecule has 1 aliphatic rings. The van der Waals surface area contributed by atoms with Gasteiger partial charge in [-0.3, -0.25) is 4.90 Å². The van der Waals surface area contributed by atoms with Crippen LogP contribution in [0.1, 0.15) is 38.8 Å². The zero-order valence-corrected chi connectivity index (χ0v) is 13.3. The van der Waals surface area contributed by atoms with Gasteiger partial charge in [0.1, 0.15) is 0 Å². The second kappa shape index (κ2) is 6.20. The highest BCUT2D eigenvalue weighted by Gasteiger charge is 2.35. The first-order valence-electron chi connectivity index (χ1n) is 7.12. The smallest absolute Gasteiger partial charge is 0.0757 e. The van der Waals surface area contributed by atoms with E-state index < -0.39 is 0 Å². The number of nitrogens with two attached hydrogens (primary N) is 1. The maximum absolute atomic E-state index is 5.99. The molecule has 1 aromatic rings. The van der Waals surface area contributed by atoms with Crippen LogP contribution in [-0.2, 0) is 4.74 Å². The zero-order valence-electron chi connectivity index (χ0n) is 12.5. The van der Waals surface area contributed by atoms with Gasteiger partial charge in [-0.15, -0.1) is 0 Å². The summed E-state index contributed by atoms with van der Waals surface area (Å²) in [5.41, 5.74) is 6.94. The second-order valence-electron chi connectivity index (χ2n) is 6.21. The molecule has 0 aliphatic carbocycles. The molecule has 2 rings (SSSR count). The van der Waals surface area contributed by atoms with Gasteiger partial charge in [0.25, 0.3) is 0 Å². The first kappa shape index (κ1) is 15.4. The van der Waals surface area contributed by atoms with Gasteiger partial charge in [0.15, 0.2) is 0 Å². The van der Waals surface area contributed by atoms with E-state index in [2.05, 4.69) is 49.9 Å². The molecule has 1 saturated heterocycles. The number of rotatable bonds is 4. The number of hydrogen-bond acceptors (Lipinski definition) is 3. The minimum atomic E-state index is -0.138. The fourth-order valence-electron chi connectivity index (χ4n) is 3.06. The molecule has 2 atom stereocenters. The summed E-state index contributed by atoms with van der Waals surface area (Å²) in [7, 11) is 0. The van der Waals surface area contributed by atoms with Crippen LogP contribution in [0.2, 0.25) is 0 Å². The van der Waals surface area contributed by atoms with Crippen molar-refractivity contribution in [1.29, 1.82) is 0 Å². The number of morpholine rings is 1. The van der Waals surface area contributed by atoms with Crippen LogP contribution >= 0.6 is 12.2 Å². The van der Waals surface area contributed by atoms with Gasteiger partial charge >= 0.3 is 0 Å². The highest BCUT2D eigenvalue weighted by atomic mass is 32.1. The van der Waals surface area contributed by atoms with E-state index in [4.69, 9.17) is 22.7 Å². The van der Waals surface area contributed by atoms with E-state index in [1.165, 1.54) is 5.56 Å². The second-order valence-corrected chi connectivity index (χ2v) is 6.74. The molecule has 2 N–H and O–H groups in total. The summed E-state index contributed by atoms with van der Waals surface area (Å²) >= 11 is 5.15. The van der Waals surface area contributed by atoms with Crippen LogP contribution in [0.4, 0.5) is 0 Å². The molecule has 0 amide bonds. The third-order valence-electron chi connectivity index (χ3n) is 3.62. The quantitative estimate of drug-likeness (QED) is 0.866. The van der Waals surface area contributed by atoms with Crippen molar-refractivity contribution in [2.24, 2.45) is 5.73 Å². The van der Waals surface area contributed by atoms with Crippen LogP contribution in [0, 0.1) is 0 Å². The third kappa shape index (κ3) is 4.01. The summed E-state index contributed by atoms with van der Waals surface area (Å²) < 4.78 is 5.99. The Bertz CT molecular complexity index is 461. The molecular formula is C16H24N2OS. The van der Waals surface area contributed by atoms with Gasteiger partial charge in [0.2, 0.25) is 0 Å². The number of nitrogens with zero attached hydrogens (tertiary/aromatic N) is 1. The van der Waals surface area contributed by atoms with E-state index in [9.17, 15) is 0 Å². The highest BCUT2D eigenvalue weighted by molar-refractivity contribution is 7.80. The molecule has 0 radical (unpaired) electrons. The number of thiocarbonyl (C=S) groups is 1. The topological polar surface area (TPSA) is 38.5 Å². The number of benzene rings is 1. The van der Waals surface area contributed by atoms with Gasteiger partial charge in [-0.05, 0) is 26.3 Å². The van der Waals surface area contributed by atoms with Crippen molar-refractivity contribution < 1.29 is 4.74 Å². The minimum absolute atomic E-state index is 0.138. The molecule has 1 fully saturated rings. The Morgan fingerprint density at radius 3 is 2.65 bits per heavy atom. The van der Waals surface area contributed by atoms with Crippen molar-refractivity contribution in [3.8, 4) is 0 Å². The molecule has 2 unspecified atom stereocenters. The van der Waals surface area contributed by atoms with Crippen LogP contribution in [0.15, 0.2) is 30.3 Å². The number of ether oxygens (including phenoxy) is 1. The van der Waals surface area contributed by atoms with Crippen molar-refractivity contribution in [2.75, 3.05) is 13.1 Å². The SMILES string of the molecule is CC1CN(C(CC(N)=S)c2ccccc2)CC(C)(C)O1. The van der Waals surface area contributed by atoms with Crippen molar-refractivity contribution in [3.05, 3.63) is 35.9 Å². The Kier molecular flexibility index (Phi) is 4.78. The number of hydrogen-bond donors (Lipinski definition) is 1. The van der Waals surface area contributed by atoms with E-state index in [-0.39, 0.29) is 17.7 Å². The van der Waals surface area contributed by atoms with Gasteiger partial charge in [0.05, 0.1) is 16.7 Å². The van der Waals surface area contributed by atoms with Gasteiger partial charge in [-0.2, -0.15) is 0 Å². The van der Waals surface area contributed by atoms with Crippen LogP contribution in [0.5, 0.6) is 0 Å². The first-order valence-corrected chi connectivity index (χ1v) is 7.53. The molecule has 1 heterocycles. The highest BCUT2D eigenvalue weighted by Crippen LogP contribution is 2.31. The Balaban J connectivity index is 2.24. The Hall–Kier alpha value is -0.970. The Labute approximate surface area is 127 Å². The van der Waals surface area contributed by atoms with Crippen molar-refractivity contribution in [3.63, 3.8) is 0 Å². The van der Waals surface area contributed by atoms with Gasteiger partial charge in [-0.25, -0.2) is 0 Å². The molecule has 0 bridgehead atoms. The standard InChI is InChI=1S/C16H24N2OS/c1-12-10-18(11-16(2,3)19-12)14(9-15(17)20)13-7-5-4-6-8-13/h4-8,12,14H,9-11H2,1-3H3,(H2,17,20). The molecular weight excluding hydrogens is 268 g/mol. The average molecular weight is 292 g/mol. The van der Waals surface area contributed by atoms with Gasteiger partial charge in [-0.1, -0.05) is 42.5 Å². The van der Waals surface area contributed by atoms with E-state index in [0.717, 1.165) is 13.1 Å². The molecule has 1 aliphatic heterocycles. The Morgan fingerprint density at radius 1 is 1.45 bits per heavy atom. The lowest BCUT2D eigenvalue weighted by molar-refractivity contribution is -0.138. The summed E-state index contributed by atoms with van der Waals surface area (Å²) in [6.45, 7) is 8.19. The molecule has 0 aromatic heterocycles. The molecule has 0 saturated carbocycles. The van der Waals surface area contributed by atoms with Gasteiger partial charge in [0, 0.05) is 25.6 Å². The predicted molar refractivity (Wildman–Crippen MR) is 86.8 cm³/mol. The Morgan fingerprint density at radius 2 is 2.10 bits per heavy atom. The summed E-state index contributed by atoms with van der Waals surface area (Å²) in [5, 5.41) is 0. The zero-order chi connectivity index (χ0) is 14.8. The van der Waals surface area contributed by atoms with E-state index in [1.807, 2.05) is 6.07 Å². The fourth-order valence-corrected chi connectivity index (χ4v) is 3.22. The molecule has 4 heteroatoms. The van der Waals surface area contributed by atoms with Crippen LogP contribution < -0.4 is 5.73 Å². The normalized spacial score (nSPS) is 24.2. The summed E-state index contributed by atoms with van der Waals surface area (Å²) in [5.74, 6) is 0. The van der Waals surface area contributed by atoms with Crippen LogP contribution in [0.3, 0.4) is 0 Å². The van der Waals surface area contributed by atoms with Crippen molar-refractivity contribution >= 4 is 17.2 Å². The lowest BCUT2D eigenvalue weighted by Gasteiger charge is -2.45. The largest absolute Gasteiger partial charge is 0.393 e. The monoisotopic (exact) mass is 292 g/mol. The van der Waals surface area contributed by atoms with Gasteiger partial charge < -0.3 is 10.5 Å². The molecule has 0 spiro atoms. The van der Waals surface area contributed by atoms with Crippen LogP contribution in [-0.4, -0.2) is 34.7 Å².